The second-order valence-electron chi connectivity index (χ2n) is 7.36. The van der Waals surface area contributed by atoms with Gasteiger partial charge in [0, 0.05) is 11.1 Å². The molecule has 0 fully saturated rings. The van der Waals surface area contributed by atoms with E-state index in [4.69, 9.17) is 13.6 Å². The molecule has 2 aromatic rings. The SMILES string of the molecule is COC(=O)c1occ(-c2ccccc2)c1CO[Si](C)(C)C(C)(C)C. The molecule has 0 saturated carbocycles. The van der Waals surface area contributed by atoms with Crippen molar-refractivity contribution < 1.29 is 18.4 Å². The molecule has 1 aromatic heterocycles. The van der Waals surface area contributed by atoms with Gasteiger partial charge in [0.1, 0.15) is 0 Å². The quantitative estimate of drug-likeness (QED) is 0.547. The lowest BCUT2D eigenvalue weighted by Gasteiger charge is -2.36. The first-order valence-electron chi connectivity index (χ1n) is 8.05. The van der Waals surface area contributed by atoms with Gasteiger partial charge in [0.25, 0.3) is 0 Å². The first-order valence-corrected chi connectivity index (χ1v) is 11.0. The van der Waals surface area contributed by atoms with Gasteiger partial charge in [0.15, 0.2) is 8.32 Å². The number of ether oxygens (including phenoxy) is 1. The average molecular weight is 346 g/mol. The van der Waals surface area contributed by atoms with Gasteiger partial charge < -0.3 is 13.6 Å². The smallest absolute Gasteiger partial charge is 0.374 e. The van der Waals surface area contributed by atoms with E-state index in [1.807, 2.05) is 30.3 Å². The van der Waals surface area contributed by atoms with Crippen molar-refractivity contribution >= 4 is 14.3 Å². The third-order valence-corrected chi connectivity index (χ3v) is 9.21. The van der Waals surface area contributed by atoms with Crippen LogP contribution in [0.5, 0.6) is 0 Å². The minimum absolute atomic E-state index is 0.0923. The van der Waals surface area contributed by atoms with E-state index < -0.39 is 14.3 Å². The first-order chi connectivity index (χ1) is 11.2. The van der Waals surface area contributed by atoms with E-state index >= 15 is 0 Å². The van der Waals surface area contributed by atoms with Crippen LogP contribution in [0.1, 0.15) is 36.9 Å². The molecule has 4 nitrogen and oxygen atoms in total. The standard InChI is InChI=1S/C19H26O4Si/c1-19(2,3)24(5,6)23-13-16-15(14-10-8-7-9-11-14)12-22-17(16)18(20)21-4/h7-12H,13H2,1-6H3. The van der Waals surface area contributed by atoms with Crippen LogP contribution >= 0.6 is 0 Å². The lowest BCUT2D eigenvalue weighted by Crippen LogP contribution is -2.40. The molecule has 1 aromatic carbocycles. The molecule has 130 valence electrons. The predicted molar refractivity (Wildman–Crippen MR) is 97.5 cm³/mol. The van der Waals surface area contributed by atoms with Gasteiger partial charge in [-0.1, -0.05) is 51.1 Å². The van der Waals surface area contributed by atoms with Gasteiger partial charge in [0.2, 0.25) is 5.76 Å². The monoisotopic (exact) mass is 346 g/mol. The van der Waals surface area contributed by atoms with Crippen LogP contribution in [0.4, 0.5) is 0 Å². The third-order valence-electron chi connectivity index (χ3n) is 4.73. The lowest BCUT2D eigenvalue weighted by molar-refractivity contribution is 0.0560. The summed E-state index contributed by atoms with van der Waals surface area (Å²) in [5, 5.41) is 0.0923. The van der Waals surface area contributed by atoms with Crippen LogP contribution < -0.4 is 0 Å². The zero-order valence-electron chi connectivity index (χ0n) is 15.3. The summed E-state index contributed by atoms with van der Waals surface area (Å²) in [7, 11) is -0.594. The molecular weight excluding hydrogens is 320 g/mol. The van der Waals surface area contributed by atoms with Gasteiger partial charge in [-0.25, -0.2) is 4.79 Å². The average Bonchev–Trinajstić information content (AvgIpc) is 2.96. The van der Waals surface area contributed by atoms with E-state index in [0.29, 0.717) is 6.61 Å². The van der Waals surface area contributed by atoms with Gasteiger partial charge in [-0.3, -0.25) is 0 Å². The highest BCUT2D eigenvalue weighted by molar-refractivity contribution is 6.74. The summed E-state index contributed by atoms with van der Waals surface area (Å²) in [5.74, 6) is -0.263. The maximum absolute atomic E-state index is 12.0. The number of carbonyl (C=O) groups is 1. The Balaban J connectivity index is 2.39. The molecule has 0 bridgehead atoms. The largest absolute Gasteiger partial charge is 0.463 e. The fourth-order valence-corrected chi connectivity index (χ4v) is 3.06. The summed E-state index contributed by atoms with van der Waals surface area (Å²) in [6.45, 7) is 11.3. The fraction of sp³-hybridized carbons (Fsp3) is 0.421. The second-order valence-corrected chi connectivity index (χ2v) is 12.2. The summed E-state index contributed by atoms with van der Waals surface area (Å²) in [4.78, 5) is 12.0. The molecule has 0 amide bonds. The zero-order valence-corrected chi connectivity index (χ0v) is 16.3. The molecule has 0 aliphatic rings. The molecule has 0 atom stereocenters. The maximum atomic E-state index is 12.0. The van der Waals surface area contributed by atoms with Gasteiger partial charge in [-0.15, -0.1) is 0 Å². The Morgan fingerprint density at radius 3 is 2.33 bits per heavy atom. The van der Waals surface area contributed by atoms with Gasteiger partial charge >= 0.3 is 5.97 Å². The Bertz CT molecular complexity index is 696. The first kappa shape index (κ1) is 18.5. The van der Waals surface area contributed by atoms with Crippen LogP contribution in [0.2, 0.25) is 18.1 Å². The summed E-state index contributed by atoms with van der Waals surface area (Å²) in [6.07, 6.45) is 1.60. The Kier molecular flexibility index (Phi) is 5.35. The van der Waals surface area contributed by atoms with Crippen LogP contribution in [-0.2, 0) is 15.8 Å². The molecule has 0 N–H and O–H groups in total. The molecular formula is C19H26O4Si. The van der Waals surface area contributed by atoms with Crippen molar-refractivity contribution in [1.29, 1.82) is 0 Å². The van der Waals surface area contributed by atoms with Crippen LogP contribution in [0.3, 0.4) is 0 Å². The fourth-order valence-electron chi connectivity index (χ4n) is 2.12. The van der Waals surface area contributed by atoms with Crippen molar-refractivity contribution in [3.63, 3.8) is 0 Å². The molecule has 24 heavy (non-hydrogen) atoms. The highest BCUT2D eigenvalue weighted by Crippen LogP contribution is 2.38. The Morgan fingerprint density at radius 2 is 1.79 bits per heavy atom. The van der Waals surface area contributed by atoms with E-state index in [9.17, 15) is 4.79 Å². The number of furan rings is 1. The number of hydrogen-bond donors (Lipinski definition) is 0. The normalized spacial score (nSPS) is 12.2. The zero-order chi connectivity index (χ0) is 18.0. The molecule has 2 rings (SSSR count). The van der Waals surface area contributed by atoms with Crippen molar-refractivity contribution in [3.8, 4) is 11.1 Å². The summed E-state index contributed by atoms with van der Waals surface area (Å²) < 4.78 is 16.7. The van der Waals surface area contributed by atoms with Crippen molar-refractivity contribution in [2.45, 2.75) is 45.5 Å². The van der Waals surface area contributed by atoms with E-state index in [1.165, 1.54) is 7.11 Å². The molecule has 0 saturated heterocycles. The highest BCUT2D eigenvalue weighted by atomic mass is 28.4. The van der Waals surface area contributed by atoms with Crippen LogP contribution in [-0.4, -0.2) is 21.4 Å². The number of carbonyl (C=O) groups excluding carboxylic acids is 1. The molecule has 5 heteroatoms. The van der Waals surface area contributed by atoms with Gasteiger partial charge in [-0.2, -0.15) is 0 Å². The number of benzene rings is 1. The van der Waals surface area contributed by atoms with E-state index in [-0.39, 0.29) is 10.8 Å². The topological polar surface area (TPSA) is 48.7 Å². The third kappa shape index (κ3) is 3.79. The summed E-state index contributed by atoms with van der Waals surface area (Å²) >= 11 is 0. The van der Waals surface area contributed by atoms with Gasteiger partial charge in [-0.05, 0) is 23.7 Å². The number of rotatable bonds is 5. The number of hydrogen-bond acceptors (Lipinski definition) is 4. The second kappa shape index (κ2) is 6.95. The highest BCUT2D eigenvalue weighted by Gasteiger charge is 2.38. The summed E-state index contributed by atoms with van der Waals surface area (Å²) in [6, 6.07) is 9.84. The van der Waals surface area contributed by atoms with Crippen molar-refractivity contribution in [2.24, 2.45) is 0 Å². The molecule has 1 heterocycles. The number of esters is 1. The predicted octanol–water partition coefficient (Wildman–Crippen LogP) is 5.26. The van der Waals surface area contributed by atoms with Crippen molar-refractivity contribution in [2.75, 3.05) is 7.11 Å². The van der Waals surface area contributed by atoms with Crippen molar-refractivity contribution in [1.82, 2.24) is 0 Å². The van der Waals surface area contributed by atoms with Crippen LogP contribution in [0, 0.1) is 0 Å². The summed E-state index contributed by atoms with van der Waals surface area (Å²) in [5.41, 5.74) is 2.61. The van der Waals surface area contributed by atoms with E-state index in [2.05, 4.69) is 33.9 Å². The Hall–Kier alpha value is -1.85. The molecule has 0 aliphatic carbocycles. The Morgan fingerprint density at radius 1 is 1.17 bits per heavy atom. The Labute approximate surface area is 144 Å². The molecule has 0 radical (unpaired) electrons. The van der Waals surface area contributed by atoms with Crippen LogP contribution in [0.25, 0.3) is 11.1 Å². The van der Waals surface area contributed by atoms with Crippen molar-refractivity contribution in [3.05, 3.63) is 47.9 Å². The lowest BCUT2D eigenvalue weighted by atomic mass is 10.0. The number of methoxy groups -OCH3 is 1. The van der Waals surface area contributed by atoms with E-state index in [1.54, 1.807) is 6.26 Å². The molecule has 0 unspecified atom stereocenters. The minimum atomic E-state index is -1.95. The maximum Gasteiger partial charge on any atom is 0.374 e. The van der Waals surface area contributed by atoms with Crippen LogP contribution in [0.15, 0.2) is 41.0 Å². The van der Waals surface area contributed by atoms with E-state index in [0.717, 1.165) is 16.7 Å². The molecule has 0 aliphatic heterocycles. The molecule has 0 spiro atoms. The van der Waals surface area contributed by atoms with Gasteiger partial charge in [0.05, 0.1) is 20.0 Å². The minimum Gasteiger partial charge on any atom is -0.463 e.